The number of alkyl halides is 1. The molecule has 4 nitrogen and oxygen atoms in total. The number of nitrogens with zero attached hydrogens (tertiary/aromatic N) is 2. The Bertz CT molecular complexity index is 1260. The summed E-state index contributed by atoms with van der Waals surface area (Å²) in [5.41, 5.74) is 5.92. The van der Waals surface area contributed by atoms with Crippen molar-refractivity contribution in [2.75, 3.05) is 32.7 Å². The number of rotatable bonds is 8. The van der Waals surface area contributed by atoms with Crippen molar-refractivity contribution in [3.05, 3.63) is 82.9 Å². The first-order chi connectivity index (χ1) is 16.0. The molecule has 0 N–H and O–H groups in total. The number of ether oxygens (including phenoxy) is 2. The van der Waals surface area contributed by atoms with Crippen LogP contribution in [0.4, 0.5) is 5.69 Å². The van der Waals surface area contributed by atoms with Crippen molar-refractivity contribution in [1.82, 2.24) is 0 Å². The van der Waals surface area contributed by atoms with Crippen LogP contribution in [0, 0.1) is 0 Å². The van der Waals surface area contributed by atoms with Crippen molar-refractivity contribution in [1.29, 1.82) is 0 Å². The van der Waals surface area contributed by atoms with Gasteiger partial charge < -0.3 is 14.4 Å². The Morgan fingerprint density at radius 3 is 2.18 bits per heavy atom. The molecule has 6 heteroatoms. The molecule has 0 aliphatic heterocycles. The van der Waals surface area contributed by atoms with Crippen molar-refractivity contribution < 1.29 is 14.0 Å². The van der Waals surface area contributed by atoms with E-state index in [1.807, 2.05) is 19.1 Å². The molecule has 0 bridgehead atoms. The monoisotopic (exact) mass is 571 g/mol. The smallest absolute Gasteiger partial charge is 0.264 e. The topological polar surface area (TPSA) is 25.6 Å². The maximum atomic E-state index is 5.73. The fraction of sp³-hybridized carbons (Fsp3) is 0.222. The molecule has 0 aliphatic carbocycles. The summed E-state index contributed by atoms with van der Waals surface area (Å²) in [6.45, 7) is 2.68. The molecule has 0 saturated heterocycles. The van der Waals surface area contributed by atoms with Gasteiger partial charge in [-0.15, -0.1) is 0 Å². The maximum Gasteiger partial charge on any atom is 0.264 e. The Labute approximate surface area is 213 Å². The van der Waals surface area contributed by atoms with E-state index in [1.165, 1.54) is 32.0 Å². The maximum absolute atomic E-state index is 5.73. The third-order valence-electron chi connectivity index (χ3n) is 5.50. The quantitative estimate of drug-likeness (QED) is 0.135. The Hall–Kier alpha value is -2.58. The summed E-state index contributed by atoms with van der Waals surface area (Å²) >= 11 is 4.22. The molecule has 0 radical (unpaired) electrons. The first-order valence-corrected chi connectivity index (χ1v) is 13.2. The molecular formula is C27H28IN2O2S+. The number of hydrogen-bond donors (Lipinski definition) is 0. The molecule has 0 unspecified atom stereocenters. The molecule has 1 aromatic heterocycles. The highest BCUT2D eigenvalue weighted by Gasteiger charge is 2.20. The number of hydrogen-bond acceptors (Lipinski definition) is 4. The van der Waals surface area contributed by atoms with E-state index in [-0.39, 0.29) is 0 Å². The summed E-state index contributed by atoms with van der Waals surface area (Å²) in [5, 5.41) is 1.20. The predicted molar refractivity (Wildman–Crippen MR) is 148 cm³/mol. The van der Waals surface area contributed by atoms with E-state index in [4.69, 9.17) is 9.47 Å². The van der Waals surface area contributed by atoms with Crippen LogP contribution in [0.15, 0.2) is 66.7 Å². The van der Waals surface area contributed by atoms with Gasteiger partial charge in [-0.2, -0.15) is 4.57 Å². The van der Waals surface area contributed by atoms with Crippen LogP contribution in [0.2, 0.25) is 0 Å². The highest BCUT2D eigenvalue weighted by molar-refractivity contribution is 14.1. The zero-order valence-electron chi connectivity index (χ0n) is 19.3. The third kappa shape index (κ3) is 5.17. The van der Waals surface area contributed by atoms with Crippen LogP contribution in [0.3, 0.4) is 0 Å². The molecule has 0 amide bonds. The fourth-order valence-corrected chi connectivity index (χ4v) is 5.84. The van der Waals surface area contributed by atoms with Gasteiger partial charge in [0.15, 0.2) is 4.55 Å². The summed E-state index contributed by atoms with van der Waals surface area (Å²) in [5.74, 6) is 1.77. The fourth-order valence-electron chi connectivity index (χ4n) is 3.74. The molecule has 0 atom stereocenters. The molecule has 170 valence electrons. The summed E-state index contributed by atoms with van der Waals surface area (Å²) in [7, 11) is 5.82. The van der Waals surface area contributed by atoms with Crippen LogP contribution in [0.1, 0.15) is 23.1 Å². The minimum Gasteiger partial charge on any atom is -0.497 e. The average Bonchev–Trinajstić information content (AvgIpc) is 3.19. The van der Waals surface area contributed by atoms with Gasteiger partial charge in [-0.05, 0) is 76.5 Å². The van der Waals surface area contributed by atoms with Crippen molar-refractivity contribution >= 4 is 61.5 Å². The van der Waals surface area contributed by atoms with Gasteiger partial charge in [0, 0.05) is 38.0 Å². The molecular weight excluding hydrogens is 543 g/mol. The van der Waals surface area contributed by atoms with Crippen LogP contribution in [0.5, 0.6) is 11.5 Å². The average molecular weight is 572 g/mol. The van der Waals surface area contributed by atoms with E-state index in [0.29, 0.717) is 6.61 Å². The van der Waals surface area contributed by atoms with Gasteiger partial charge in [-0.3, -0.25) is 0 Å². The molecule has 33 heavy (non-hydrogen) atoms. The lowest BCUT2D eigenvalue weighted by Gasteiger charge is -2.14. The molecule has 4 rings (SSSR count). The zero-order valence-corrected chi connectivity index (χ0v) is 22.3. The first kappa shape index (κ1) is 23.6. The van der Waals surface area contributed by atoms with Crippen molar-refractivity contribution in [3.63, 3.8) is 0 Å². The Morgan fingerprint density at radius 2 is 1.61 bits per heavy atom. The second-order valence-corrected chi connectivity index (χ2v) is 9.52. The number of methoxy groups -OCH3 is 1. The van der Waals surface area contributed by atoms with Crippen molar-refractivity contribution in [2.45, 2.75) is 11.5 Å². The van der Waals surface area contributed by atoms with Crippen LogP contribution in [-0.2, 0) is 4.55 Å². The zero-order chi connectivity index (χ0) is 23.4. The summed E-state index contributed by atoms with van der Waals surface area (Å²) in [6.07, 6.45) is 2.30. The van der Waals surface area contributed by atoms with Crippen LogP contribution in [-0.4, -0.2) is 27.8 Å². The second kappa shape index (κ2) is 10.6. The molecule has 0 spiro atoms. The Morgan fingerprint density at radius 1 is 0.970 bits per heavy atom. The third-order valence-corrected chi connectivity index (χ3v) is 7.27. The second-order valence-electron chi connectivity index (χ2n) is 7.78. The summed E-state index contributed by atoms with van der Waals surface area (Å²) in [6, 6.07) is 23.4. The lowest BCUT2D eigenvalue weighted by Crippen LogP contribution is -2.32. The van der Waals surface area contributed by atoms with Crippen LogP contribution in [0.25, 0.3) is 21.9 Å². The molecule has 1 heterocycles. The minimum atomic E-state index is 0.667. The highest BCUT2D eigenvalue weighted by Crippen LogP contribution is 2.32. The van der Waals surface area contributed by atoms with Crippen LogP contribution < -0.4 is 18.9 Å². The largest absolute Gasteiger partial charge is 0.497 e. The molecule has 4 aromatic rings. The molecule has 0 aliphatic rings. The van der Waals surface area contributed by atoms with Gasteiger partial charge in [-0.25, -0.2) is 0 Å². The van der Waals surface area contributed by atoms with E-state index >= 15 is 0 Å². The molecule has 0 saturated carbocycles. The molecule has 3 aromatic carbocycles. The van der Waals surface area contributed by atoms with Gasteiger partial charge in [0.25, 0.3) is 5.01 Å². The van der Waals surface area contributed by atoms with Crippen molar-refractivity contribution in [2.24, 2.45) is 0 Å². The molecule has 0 fully saturated rings. The van der Waals surface area contributed by atoms with Gasteiger partial charge in [0.05, 0.1) is 13.7 Å². The van der Waals surface area contributed by atoms with Gasteiger partial charge in [0.2, 0.25) is 5.52 Å². The number of anilines is 1. The van der Waals surface area contributed by atoms with Gasteiger partial charge >= 0.3 is 0 Å². The van der Waals surface area contributed by atoms with Crippen molar-refractivity contribution in [3.8, 4) is 11.5 Å². The van der Waals surface area contributed by atoms with E-state index in [1.54, 1.807) is 18.4 Å². The van der Waals surface area contributed by atoms with Gasteiger partial charge in [-0.1, -0.05) is 35.6 Å². The normalized spacial score (nSPS) is 11.6. The Balaban J connectivity index is 1.87. The minimum absolute atomic E-state index is 0.667. The van der Waals surface area contributed by atoms with Gasteiger partial charge in [0.1, 0.15) is 16.2 Å². The van der Waals surface area contributed by atoms with E-state index in [0.717, 1.165) is 21.6 Å². The number of aromatic nitrogens is 1. The SMILES string of the molecule is CCOc1ccc2c(c1)sc(/C=C(/c1ccc(OC)cc1)c1ccc(N(C)C)cc1)[n+]2CI. The van der Waals surface area contributed by atoms with E-state index in [9.17, 15) is 0 Å². The lowest BCUT2D eigenvalue weighted by molar-refractivity contribution is -0.641. The number of halogens is 1. The standard InChI is InChI=1S/C27H28IN2O2S/c1-5-32-23-14-15-25-26(16-23)33-27(30(25)18-28)17-24(20-8-12-22(31-4)13-9-20)19-6-10-21(11-7-19)29(2)3/h6-17H,5,18H2,1-4H3/q+1. The number of thiazole rings is 1. The van der Waals surface area contributed by atoms with E-state index < -0.39 is 0 Å². The summed E-state index contributed by atoms with van der Waals surface area (Å²) < 4.78 is 15.6. The first-order valence-electron chi connectivity index (χ1n) is 10.8. The number of benzene rings is 3. The highest BCUT2D eigenvalue weighted by atomic mass is 127. The van der Waals surface area contributed by atoms with E-state index in [2.05, 4.69) is 107 Å². The number of fused-ring (bicyclic) bond motifs is 1. The predicted octanol–water partition coefficient (Wildman–Crippen LogP) is 6.64. The summed E-state index contributed by atoms with van der Waals surface area (Å²) in [4.78, 5) is 2.12. The van der Waals surface area contributed by atoms with Crippen LogP contribution >= 0.6 is 33.9 Å². The lowest BCUT2D eigenvalue weighted by atomic mass is 9.97. The Kier molecular flexibility index (Phi) is 7.55.